The van der Waals surface area contributed by atoms with Crippen LogP contribution in [0.25, 0.3) is 11.0 Å². The summed E-state index contributed by atoms with van der Waals surface area (Å²) in [7, 11) is 0. The van der Waals surface area contributed by atoms with E-state index in [4.69, 9.17) is 11.6 Å². The Morgan fingerprint density at radius 1 is 1.00 bits per heavy atom. The Morgan fingerprint density at radius 3 is 2.07 bits per heavy atom. The molecule has 0 amide bonds. The standard InChI is InChI=1S/C12H13ClN2/c1-12(2,3)10-11(13)15-9-7-5-4-6-8(9)14-10/h4-7H,1-3H3. The van der Waals surface area contributed by atoms with Crippen LogP contribution in [0.2, 0.25) is 5.15 Å². The highest BCUT2D eigenvalue weighted by molar-refractivity contribution is 6.30. The maximum Gasteiger partial charge on any atom is 0.151 e. The smallest absolute Gasteiger partial charge is 0.151 e. The van der Waals surface area contributed by atoms with Gasteiger partial charge in [0.05, 0.1) is 16.7 Å². The van der Waals surface area contributed by atoms with Crippen molar-refractivity contribution in [3.63, 3.8) is 0 Å². The molecule has 0 aliphatic heterocycles. The van der Waals surface area contributed by atoms with Crippen molar-refractivity contribution in [2.75, 3.05) is 0 Å². The van der Waals surface area contributed by atoms with Crippen molar-refractivity contribution in [3.05, 3.63) is 35.1 Å². The van der Waals surface area contributed by atoms with Crippen molar-refractivity contribution in [2.24, 2.45) is 0 Å². The number of para-hydroxylation sites is 2. The molecule has 0 spiro atoms. The maximum atomic E-state index is 6.11. The molecule has 0 atom stereocenters. The van der Waals surface area contributed by atoms with Crippen molar-refractivity contribution >= 4 is 22.6 Å². The normalized spacial score (nSPS) is 12.0. The number of nitrogens with zero attached hydrogens (tertiary/aromatic N) is 2. The maximum absolute atomic E-state index is 6.11. The quantitative estimate of drug-likeness (QED) is 0.678. The van der Waals surface area contributed by atoms with E-state index >= 15 is 0 Å². The summed E-state index contributed by atoms with van der Waals surface area (Å²) in [5.41, 5.74) is 2.51. The van der Waals surface area contributed by atoms with Crippen LogP contribution in [0, 0.1) is 0 Å². The third-order valence-electron chi connectivity index (χ3n) is 2.24. The summed E-state index contributed by atoms with van der Waals surface area (Å²) in [5, 5.41) is 0.501. The molecule has 0 saturated heterocycles. The van der Waals surface area contributed by atoms with Crippen LogP contribution in [0.3, 0.4) is 0 Å². The average molecular weight is 221 g/mol. The summed E-state index contributed by atoms with van der Waals surface area (Å²) in [6, 6.07) is 7.76. The van der Waals surface area contributed by atoms with Crippen LogP contribution in [0.1, 0.15) is 26.5 Å². The molecule has 1 aromatic carbocycles. The molecule has 1 aromatic heterocycles. The van der Waals surface area contributed by atoms with Gasteiger partial charge in [-0.3, -0.25) is 0 Å². The van der Waals surface area contributed by atoms with Gasteiger partial charge in [0.2, 0.25) is 0 Å². The zero-order valence-electron chi connectivity index (χ0n) is 9.08. The van der Waals surface area contributed by atoms with E-state index in [-0.39, 0.29) is 5.41 Å². The third-order valence-corrected chi connectivity index (χ3v) is 2.50. The predicted octanol–water partition coefficient (Wildman–Crippen LogP) is 3.58. The fourth-order valence-electron chi connectivity index (χ4n) is 1.46. The van der Waals surface area contributed by atoms with Gasteiger partial charge in [-0.2, -0.15) is 0 Å². The summed E-state index contributed by atoms with van der Waals surface area (Å²) in [6.45, 7) is 6.24. The Labute approximate surface area is 94.3 Å². The van der Waals surface area contributed by atoms with E-state index in [1.165, 1.54) is 0 Å². The minimum absolute atomic E-state index is 0.0753. The summed E-state index contributed by atoms with van der Waals surface area (Å²) in [6.07, 6.45) is 0. The molecule has 0 N–H and O–H groups in total. The second-order valence-corrected chi connectivity index (χ2v) is 4.96. The topological polar surface area (TPSA) is 25.8 Å². The number of hydrogen-bond acceptors (Lipinski definition) is 2. The molecule has 15 heavy (non-hydrogen) atoms. The first-order valence-electron chi connectivity index (χ1n) is 4.91. The van der Waals surface area contributed by atoms with Gasteiger partial charge in [-0.1, -0.05) is 44.5 Å². The van der Waals surface area contributed by atoms with Crippen LogP contribution >= 0.6 is 11.6 Å². The molecule has 2 aromatic rings. The second kappa shape index (κ2) is 3.46. The van der Waals surface area contributed by atoms with E-state index in [0.29, 0.717) is 5.15 Å². The number of rotatable bonds is 0. The molecule has 0 fully saturated rings. The molecule has 78 valence electrons. The molecule has 0 bridgehead atoms. The molecule has 0 aliphatic rings. The summed E-state index contributed by atoms with van der Waals surface area (Å²) in [4.78, 5) is 8.90. The van der Waals surface area contributed by atoms with E-state index in [2.05, 4.69) is 30.7 Å². The summed E-state index contributed by atoms with van der Waals surface area (Å²) >= 11 is 6.11. The minimum atomic E-state index is -0.0753. The lowest BCUT2D eigenvalue weighted by Gasteiger charge is -2.18. The predicted molar refractivity (Wildman–Crippen MR) is 63.2 cm³/mol. The number of aromatic nitrogens is 2. The van der Waals surface area contributed by atoms with Gasteiger partial charge in [-0.25, -0.2) is 9.97 Å². The third kappa shape index (κ3) is 1.95. The zero-order chi connectivity index (χ0) is 11.1. The number of halogens is 1. The minimum Gasteiger partial charge on any atom is -0.247 e. The van der Waals surface area contributed by atoms with Crippen LogP contribution < -0.4 is 0 Å². The Balaban J connectivity index is 2.73. The highest BCUT2D eigenvalue weighted by Gasteiger charge is 2.20. The van der Waals surface area contributed by atoms with Crippen molar-refractivity contribution in [1.29, 1.82) is 0 Å². The highest BCUT2D eigenvalue weighted by atomic mass is 35.5. The first kappa shape index (κ1) is 10.4. The number of hydrogen-bond donors (Lipinski definition) is 0. The van der Waals surface area contributed by atoms with Crippen molar-refractivity contribution in [2.45, 2.75) is 26.2 Å². The molecule has 0 saturated carbocycles. The van der Waals surface area contributed by atoms with Crippen LogP contribution in [-0.4, -0.2) is 9.97 Å². The Hall–Kier alpha value is -1.15. The fourth-order valence-corrected chi connectivity index (χ4v) is 1.87. The fraction of sp³-hybridized carbons (Fsp3) is 0.333. The molecule has 3 heteroatoms. The Kier molecular flexibility index (Phi) is 2.39. The van der Waals surface area contributed by atoms with Crippen LogP contribution in [0.5, 0.6) is 0 Å². The van der Waals surface area contributed by atoms with Gasteiger partial charge in [0.15, 0.2) is 5.15 Å². The van der Waals surface area contributed by atoms with Gasteiger partial charge < -0.3 is 0 Å². The van der Waals surface area contributed by atoms with Crippen LogP contribution in [0.4, 0.5) is 0 Å². The molecular weight excluding hydrogens is 208 g/mol. The van der Waals surface area contributed by atoms with Gasteiger partial charge in [-0.15, -0.1) is 0 Å². The van der Waals surface area contributed by atoms with Crippen molar-refractivity contribution in [3.8, 4) is 0 Å². The van der Waals surface area contributed by atoms with Gasteiger partial charge in [0.1, 0.15) is 0 Å². The van der Waals surface area contributed by atoms with Gasteiger partial charge in [0, 0.05) is 5.41 Å². The lowest BCUT2D eigenvalue weighted by atomic mass is 9.92. The van der Waals surface area contributed by atoms with E-state index in [0.717, 1.165) is 16.7 Å². The van der Waals surface area contributed by atoms with Gasteiger partial charge in [0.25, 0.3) is 0 Å². The first-order chi connectivity index (χ1) is 6.98. The Morgan fingerprint density at radius 2 is 1.53 bits per heavy atom. The SMILES string of the molecule is CC(C)(C)c1nc2ccccc2nc1Cl. The van der Waals surface area contributed by atoms with Gasteiger partial charge in [-0.05, 0) is 12.1 Å². The molecule has 2 rings (SSSR count). The van der Waals surface area contributed by atoms with Crippen LogP contribution in [0.15, 0.2) is 24.3 Å². The lowest BCUT2D eigenvalue weighted by Crippen LogP contribution is -2.15. The second-order valence-electron chi connectivity index (χ2n) is 4.60. The highest BCUT2D eigenvalue weighted by Crippen LogP contribution is 2.27. The molecule has 2 nitrogen and oxygen atoms in total. The largest absolute Gasteiger partial charge is 0.247 e. The summed E-state index contributed by atoms with van der Waals surface area (Å²) < 4.78 is 0. The molecule has 1 heterocycles. The molecule has 0 aliphatic carbocycles. The van der Waals surface area contributed by atoms with Crippen molar-refractivity contribution in [1.82, 2.24) is 9.97 Å². The summed E-state index contributed by atoms with van der Waals surface area (Å²) in [5.74, 6) is 0. The zero-order valence-corrected chi connectivity index (χ0v) is 9.84. The van der Waals surface area contributed by atoms with E-state index in [9.17, 15) is 0 Å². The Bertz CT molecular complexity index is 500. The van der Waals surface area contributed by atoms with E-state index < -0.39 is 0 Å². The monoisotopic (exact) mass is 220 g/mol. The first-order valence-corrected chi connectivity index (χ1v) is 5.29. The van der Waals surface area contributed by atoms with E-state index in [1.54, 1.807) is 0 Å². The average Bonchev–Trinajstić information content (AvgIpc) is 2.15. The van der Waals surface area contributed by atoms with Gasteiger partial charge >= 0.3 is 0 Å². The van der Waals surface area contributed by atoms with Crippen molar-refractivity contribution < 1.29 is 0 Å². The number of fused-ring (bicyclic) bond motifs is 1. The van der Waals surface area contributed by atoms with Crippen LogP contribution in [-0.2, 0) is 5.41 Å². The number of benzene rings is 1. The molecule has 0 unspecified atom stereocenters. The lowest BCUT2D eigenvalue weighted by molar-refractivity contribution is 0.569. The van der Waals surface area contributed by atoms with E-state index in [1.807, 2.05) is 24.3 Å². The molecule has 0 radical (unpaired) electrons. The molecular formula is C12H13ClN2.